The van der Waals surface area contributed by atoms with Gasteiger partial charge in [0.1, 0.15) is 0 Å². The van der Waals surface area contributed by atoms with E-state index in [2.05, 4.69) is 55.2 Å². The third-order valence-corrected chi connectivity index (χ3v) is 8.42. The number of hydrogen-bond acceptors (Lipinski definition) is 3. The maximum Gasteiger partial charge on any atom is 0.243 e. The van der Waals surface area contributed by atoms with Crippen LogP contribution in [-0.2, 0) is 16.6 Å². The van der Waals surface area contributed by atoms with Crippen molar-refractivity contribution in [1.82, 2.24) is 4.31 Å². The number of hydrogen-bond donors (Lipinski definition) is 0. The molecule has 1 aliphatic rings. The first-order valence-corrected chi connectivity index (χ1v) is 13.6. The Morgan fingerprint density at radius 3 is 2.17 bits per heavy atom. The standard InChI is InChI=1S/C31H30N2O2S/c1-23-15-17-28(18-16-23)36(34,35)32-19-9-13-29-25(3)20-24(2)21-31(29)33(27-11-5-4-6-12-27)30-14-8-7-10-26(30)22-32/h4-18,20-21H,19,22H2,1-3H3/b13-9-. The Hall–Kier alpha value is -3.67. The first-order valence-electron chi connectivity index (χ1n) is 12.1. The molecule has 0 atom stereocenters. The number of rotatable bonds is 3. The topological polar surface area (TPSA) is 40.6 Å². The molecule has 0 spiro atoms. The molecule has 4 nitrogen and oxygen atoms in total. The summed E-state index contributed by atoms with van der Waals surface area (Å²) < 4.78 is 29.1. The van der Waals surface area contributed by atoms with E-state index in [1.165, 1.54) is 5.56 Å². The van der Waals surface area contributed by atoms with Gasteiger partial charge in [-0.3, -0.25) is 0 Å². The molecule has 0 aliphatic carbocycles. The molecule has 0 amide bonds. The molecule has 5 heteroatoms. The predicted molar refractivity (Wildman–Crippen MR) is 148 cm³/mol. The number of sulfonamides is 1. The van der Waals surface area contributed by atoms with Crippen LogP contribution in [0.15, 0.2) is 102 Å². The summed E-state index contributed by atoms with van der Waals surface area (Å²) in [7, 11) is -3.70. The summed E-state index contributed by atoms with van der Waals surface area (Å²) in [5, 5.41) is 0. The molecule has 0 saturated heterocycles. The fourth-order valence-electron chi connectivity index (χ4n) is 4.79. The Morgan fingerprint density at radius 2 is 1.42 bits per heavy atom. The molecule has 0 unspecified atom stereocenters. The molecule has 0 radical (unpaired) electrons. The van der Waals surface area contributed by atoms with Gasteiger partial charge >= 0.3 is 0 Å². The van der Waals surface area contributed by atoms with Gasteiger partial charge in [0.15, 0.2) is 0 Å². The summed E-state index contributed by atoms with van der Waals surface area (Å²) in [6.45, 7) is 6.72. The summed E-state index contributed by atoms with van der Waals surface area (Å²) in [6, 6.07) is 29.8. The molecule has 182 valence electrons. The quantitative estimate of drug-likeness (QED) is 0.300. The predicted octanol–water partition coefficient (Wildman–Crippen LogP) is 7.30. The fraction of sp³-hybridized carbons (Fsp3) is 0.161. The Bertz CT molecular complexity index is 1530. The summed E-state index contributed by atoms with van der Waals surface area (Å²) in [5.74, 6) is 0. The lowest BCUT2D eigenvalue weighted by molar-refractivity contribution is 0.439. The van der Waals surface area contributed by atoms with Crippen LogP contribution in [0, 0.1) is 20.8 Å². The van der Waals surface area contributed by atoms with Crippen LogP contribution in [0.5, 0.6) is 0 Å². The first-order chi connectivity index (χ1) is 17.3. The fourth-order valence-corrected chi connectivity index (χ4v) is 6.16. The van der Waals surface area contributed by atoms with Crippen molar-refractivity contribution in [3.63, 3.8) is 0 Å². The van der Waals surface area contributed by atoms with Gasteiger partial charge < -0.3 is 4.90 Å². The molecular formula is C31H30N2O2S. The SMILES string of the molecule is Cc1ccc(S(=O)(=O)N2C/C=C\c3c(C)cc(C)cc3N(c3ccccc3)c3ccccc3C2)cc1. The maximum atomic E-state index is 13.8. The van der Waals surface area contributed by atoms with E-state index in [1.807, 2.05) is 61.5 Å². The van der Waals surface area contributed by atoms with Gasteiger partial charge in [0.2, 0.25) is 10.0 Å². The number of benzene rings is 4. The Morgan fingerprint density at radius 1 is 0.722 bits per heavy atom. The van der Waals surface area contributed by atoms with Crippen LogP contribution in [0.4, 0.5) is 17.1 Å². The minimum absolute atomic E-state index is 0.264. The van der Waals surface area contributed by atoms with E-state index >= 15 is 0 Å². The van der Waals surface area contributed by atoms with Gasteiger partial charge in [-0.25, -0.2) is 8.42 Å². The van der Waals surface area contributed by atoms with Crippen LogP contribution in [0.2, 0.25) is 0 Å². The highest BCUT2D eigenvalue weighted by atomic mass is 32.2. The molecule has 4 aromatic rings. The molecule has 1 aliphatic heterocycles. The van der Waals surface area contributed by atoms with Crippen LogP contribution >= 0.6 is 0 Å². The van der Waals surface area contributed by atoms with Crippen molar-refractivity contribution in [3.05, 3.63) is 125 Å². The van der Waals surface area contributed by atoms with Crippen molar-refractivity contribution in [3.8, 4) is 0 Å². The number of aryl methyl sites for hydroxylation is 3. The van der Waals surface area contributed by atoms with E-state index in [1.54, 1.807) is 16.4 Å². The molecular weight excluding hydrogens is 464 g/mol. The zero-order valence-corrected chi connectivity index (χ0v) is 21.7. The lowest BCUT2D eigenvalue weighted by atomic mass is 9.99. The van der Waals surface area contributed by atoms with Crippen LogP contribution in [0.3, 0.4) is 0 Å². The summed E-state index contributed by atoms with van der Waals surface area (Å²) in [5.41, 5.74) is 8.45. The van der Waals surface area contributed by atoms with Crippen molar-refractivity contribution in [1.29, 1.82) is 0 Å². The Balaban J connectivity index is 1.73. The first kappa shape index (κ1) is 24.0. The Labute approximate surface area is 214 Å². The highest BCUT2D eigenvalue weighted by Gasteiger charge is 2.27. The van der Waals surface area contributed by atoms with Crippen molar-refractivity contribution < 1.29 is 8.42 Å². The highest BCUT2D eigenvalue weighted by molar-refractivity contribution is 7.89. The van der Waals surface area contributed by atoms with Crippen LogP contribution in [0.25, 0.3) is 6.08 Å². The average molecular weight is 495 g/mol. The molecule has 0 fully saturated rings. The third kappa shape index (κ3) is 4.60. The molecule has 0 saturated carbocycles. The molecule has 0 N–H and O–H groups in total. The van der Waals surface area contributed by atoms with Gasteiger partial charge in [-0.2, -0.15) is 4.31 Å². The summed E-state index contributed by atoms with van der Waals surface area (Å²) in [4.78, 5) is 2.56. The lowest BCUT2D eigenvalue weighted by Gasteiger charge is -2.32. The van der Waals surface area contributed by atoms with Crippen molar-refractivity contribution in [2.75, 3.05) is 11.4 Å². The highest BCUT2D eigenvalue weighted by Crippen LogP contribution is 2.41. The molecule has 0 bridgehead atoms. The zero-order valence-electron chi connectivity index (χ0n) is 20.8. The second-order valence-corrected chi connectivity index (χ2v) is 11.3. The molecule has 0 aromatic heterocycles. The van der Waals surface area contributed by atoms with Crippen molar-refractivity contribution >= 4 is 33.2 Å². The van der Waals surface area contributed by atoms with E-state index in [9.17, 15) is 8.42 Å². The van der Waals surface area contributed by atoms with Crippen LogP contribution < -0.4 is 4.90 Å². The van der Waals surface area contributed by atoms with Crippen molar-refractivity contribution in [2.24, 2.45) is 0 Å². The summed E-state index contributed by atoms with van der Waals surface area (Å²) >= 11 is 0. The van der Waals surface area contributed by atoms with Crippen LogP contribution in [-0.4, -0.2) is 19.3 Å². The third-order valence-electron chi connectivity index (χ3n) is 6.60. The molecule has 1 heterocycles. The lowest BCUT2D eigenvalue weighted by Crippen LogP contribution is -2.32. The normalized spacial score (nSPS) is 15.1. The van der Waals surface area contributed by atoms with Crippen molar-refractivity contribution in [2.45, 2.75) is 32.2 Å². The van der Waals surface area contributed by atoms with E-state index in [-0.39, 0.29) is 13.1 Å². The van der Waals surface area contributed by atoms with E-state index in [0.29, 0.717) is 4.90 Å². The zero-order chi connectivity index (χ0) is 25.3. The maximum absolute atomic E-state index is 13.8. The summed E-state index contributed by atoms with van der Waals surface area (Å²) in [6.07, 6.45) is 4.02. The molecule has 4 aromatic carbocycles. The largest absolute Gasteiger partial charge is 0.310 e. The number of nitrogens with zero attached hydrogens (tertiary/aromatic N) is 2. The Kier molecular flexibility index (Phi) is 6.52. The van der Waals surface area contributed by atoms with Gasteiger partial charge in [-0.05, 0) is 73.9 Å². The van der Waals surface area contributed by atoms with Crippen LogP contribution in [0.1, 0.15) is 27.8 Å². The van der Waals surface area contributed by atoms with E-state index in [0.717, 1.165) is 39.3 Å². The average Bonchev–Trinajstić information content (AvgIpc) is 2.86. The van der Waals surface area contributed by atoms with E-state index in [4.69, 9.17) is 0 Å². The van der Waals surface area contributed by atoms with Gasteiger partial charge in [-0.1, -0.05) is 72.3 Å². The number of anilines is 3. The van der Waals surface area contributed by atoms with E-state index < -0.39 is 10.0 Å². The van der Waals surface area contributed by atoms with Gasteiger partial charge in [0, 0.05) is 24.3 Å². The minimum Gasteiger partial charge on any atom is -0.310 e. The van der Waals surface area contributed by atoms with Gasteiger partial charge in [0.05, 0.1) is 16.3 Å². The minimum atomic E-state index is -3.70. The number of fused-ring (bicyclic) bond motifs is 2. The second kappa shape index (κ2) is 9.76. The van der Waals surface area contributed by atoms with Gasteiger partial charge in [-0.15, -0.1) is 0 Å². The second-order valence-electron chi connectivity index (χ2n) is 9.33. The molecule has 36 heavy (non-hydrogen) atoms. The monoisotopic (exact) mass is 494 g/mol. The smallest absolute Gasteiger partial charge is 0.243 e. The molecule has 5 rings (SSSR count). The van der Waals surface area contributed by atoms with Gasteiger partial charge in [0.25, 0.3) is 0 Å². The number of para-hydroxylation sites is 2.